The molecule has 0 aliphatic carbocycles. The van der Waals surface area contributed by atoms with Gasteiger partial charge in [-0.1, -0.05) is 11.6 Å². The van der Waals surface area contributed by atoms with Gasteiger partial charge in [0, 0.05) is 11.3 Å². The maximum Gasteiger partial charge on any atom is 0.0931 e. The predicted octanol–water partition coefficient (Wildman–Crippen LogP) is 2.30. The molecule has 0 saturated carbocycles. The molecule has 2 rings (SSSR count). The lowest BCUT2D eigenvalue weighted by molar-refractivity contribution is 0.0897. The van der Waals surface area contributed by atoms with E-state index in [9.17, 15) is 5.11 Å². The highest BCUT2D eigenvalue weighted by molar-refractivity contribution is 7.16. The summed E-state index contributed by atoms with van der Waals surface area (Å²) in [5.74, 6) is 0.451. The quantitative estimate of drug-likeness (QED) is 0.857. The van der Waals surface area contributed by atoms with E-state index in [1.165, 1.54) is 4.88 Å². The fraction of sp³-hybridized carbons (Fsp3) is 0.636. The lowest BCUT2D eigenvalue weighted by atomic mass is 9.90. The van der Waals surface area contributed by atoms with Crippen LogP contribution in [0.15, 0.2) is 12.1 Å². The molecule has 0 radical (unpaired) electrons. The Morgan fingerprint density at radius 3 is 2.80 bits per heavy atom. The molecule has 84 valence electrons. The van der Waals surface area contributed by atoms with Gasteiger partial charge in [-0.15, -0.1) is 11.3 Å². The van der Waals surface area contributed by atoms with Crippen molar-refractivity contribution in [1.29, 1.82) is 0 Å². The number of rotatable bonds is 3. The summed E-state index contributed by atoms with van der Waals surface area (Å²) in [5.41, 5.74) is 0. The van der Waals surface area contributed by atoms with Gasteiger partial charge in [0.15, 0.2) is 0 Å². The second-order valence-electron chi connectivity index (χ2n) is 4.06. The Bertz CT molecular complexity index is 309. The summed E-state index contributed by atoms with van der Waals surface area (Å²) in [6.07, 6.45) is 2.71. The fourth-order valence-corrected chi connectivity index (χ4v) is 3.20. The number of nitrogens with one attached hydrogen (secondary N) is 1. The van der Waals surface area contributed by atoms with Crippen LogP contribution in [0, 0.1) is 5.92 Å². The lowest BCUT2D eigenvalue weighted by Gasteiger charge is -2.26. The average molecular weight is 246 g/mol. The number of thiophene rings is 1. The molecule has 1 saturated heterocycles. The molecule has 2 heterocycles. The van der Waals surface area contributed by atoms with Gasteiger partial charge in [-0.3, -0.25) is 0 Å². The zero-order chi connectivity index (χ0) is 10.7. The minimum Gasteiger partial charge on any atom is -0.392 e. The molecule has 1 aromatic rings. The number of hydrogen-bond acceptors (Lipinski definition) is 3. The zero-order valence-electron chi connectivity index (χ0n) is 8.58. The van der Waals surface area contributed by atoms with Crippen molar-refractivity contribution in [2.75, 3.05) is 13.1 Å². The number of halogens is 1. The van der Waals surface area contributed by atoms with E-state index in [-0.39, 0.29) is 6.10 Å². The molecule has 2 nitrogen and oxygen atoms in total. The average Bonchev–Trinajstić information content (AvgIpc) is 2.65. The first-order valence-corrected chi connectivity index (χ1v) is 6.58. The van der Waals surface area contributed by atoms with Crippen LogP contribution in [0.1, 0.15) is 17.7 Å². The van der Waals surface area contributed by atoms with Crippen LogP contribution in [-0.2, 0) is 6.42 Å². The zero-order valence-corrected chi connectivity index (χ0v) is 10.2. The highest BCUT2D eigenvalue weighted by Crippen LogP contribution is 2.25. The number of hydrogen-bond donors (Lipinski definition) is 2. The molecular formula is C11H16ClNOS. The maximum absolute atomic E-state index is 10.1. The van der Waals surface area contributed by atoms with Crippen LogP contribution in [0.3, 0.4) is 0 Å². The summed E-state index contributed by atoms with van der Waals surface area (Å²) < 4.78 is 0.808. The highest BCUT2D eigenvalue weighted by atomic mass is 35.5. The molecule has 0 spiro atoms. The summed E-state index contributed by atoms with van der Waals surface area (Å²) in [4.78, 5) is 1.19. The third-order valence-electron chi connectivity index (χ3n) is 2.97. The number of aliphatic hydroxyl groups is 1. The van der Waals surface area contributed by atoms with Crippen molar-refractivity contribution >= 4 is 22.9 Å². The Hall–Kier alpha value is -0.0900. The molecule has 1 atom stereocenters. The molecule has 4 heteroatoms. The molecule has 1 fully saturated rings. The van der Waals surface area contributed by atoms with Crippen LogP contribution in [0.25, 0.3) is 0 Å². The van der Waals surface area contributed by atoms with Crippen molar-refractivity contribution in [3.8, 4) is 0 Å². The summed E-state index contributed by atoms with van der Waals surface area (Å²) in [6, 6.07) is 3.91. The van der Waals surface area contributed by atoms with Crippen LogP contribution in [0.5, 0.6) is 0 Å². The van der Waals surface area contributed by atoms with E-state index in [0.29, 0.717) is 5.92 Å². The molecule has 1 aliphatic heterocycles. The van der Waals surface area contributed by atoms with Gasteiger partial charge in [-0.25, -0.2) is 0 Å². The third-order valence-corrected chi connectivity index (χ3v) is 4.22. The molecular weight excluding hydrogens is 230 g/mol. The van der Waals surface area contributed by atoms with Gasteiger partial charge < -0.3 is 10.4 Å². The van der Waals surface area contributed by atoms with Crippen molar-refractivity contribution in [2.24, 2.45) is 5.92 Å². The first kappa shape index (κ1) is 11.4. The van der Waals surface area contributed by atoms with Crippen molar-refractivity contribution < 1.29 is 5.11 Å². The molecule has 1 aliphatic rings. The molecule has 1 unspecified atom stereocenters. The van der Waals surface area contributed by atoms with Crippen molar-refractivity contribution in [2.45, 2.75) is 25.4 Å². The van der Waals surface area contributed by atoms with Crippen LogP contribution < -0.4 is 5.32 Å². The second kappa shape index (κ2) is 5.30. The number of piperidine rings is 1. The van der Waals surface area contributed by atoms with Crippen molar-refractivity contribution in [3.05, 3.63) is 21.3 Å². The van der Waals surface area contributed by atoms with E-state index in [0.717, 1.165) is 36.7 Å². The van der Waals surface area contributed by atoms with Gasteiger partial charge in [0.2, 0.25) is 0 Å². The third kappa shape index (κ3) is 3.18. The van der Waals surface area contributed by atoms with Gasteiger partial charge in [0.05, 0.1) is 10.4 Å². The Balaban J connectivity index is 1.88. The van der Waals surface area contributed by atoms with Gasteiger partial charge in [0.1, 0.15) is 0 Å². The van der Waals surface area contributed by atoms with Crippen LogP contribution in [0.2, 0.25) is 4.34 Å². The van der Waals surface area contributed by atoms with Crippen LogP contribution in [0.4, 0.5) is 0 Å². The van der Waals surface area contributed by atoms with Gasteiger partial charge in [-0.2, -0.15) is 0 Å². The first-order valence-electron chi connectivity index (χ1n) is 5.38. The van der Waals surface area contributed by atoms with Crippen molar-refractivity contribution in [3.63, 3.8) is 0 Å². The first-order chi connectivity index (χ1) is 7.25. The SMILES string of the molecule is OC(Cc1ccc(Cl)s1)C1CCNCC1. The molecule has 0 amide bonds. The minimum atomic E-state index is -0.207. The number of aliphatic hydroxyl groups excluding tert-OH is 1. The monoisotopic (exact) mass is 245 g/mol. The Morgan fingerprint density at radius 2 is 2.20 bits per heavy atom. The van der Waals surface area contributed by atoms with Gasteiger partial charge in [0.25, 0.3) is 0 Å². The molecule has 2 N–H and O–H groups in total. The maximum atomic E-state index is 10.1. The lowest BCUT2D eigenvalue weighted by Crippen LogP contribution is -2.34. The standard InChI is InChI=1S/C11H16ClNOS/c12-11-2-1-9(15-11)7-10(14)8-3-5-13-6-4-8/h1-2,8,10,13-14H,3-7H2. The normalized spacial score (nSPS) is 20.4. The second-order valence-corrected chi connectivity index (χ2v) is 5.86. The molecule has 0 aromatic carbocycles. The van der Waals surface area contributed by atoms with Crippen LogP contribution >= 0.6 is 22.9 Å². The van der Waals surface area contributed by atoms with Gasteiger partial charge in [-0.05, 0) is 44.0 Å². The summed E-state index contributed by atoms with van der Waals surface area (Å²) in [7, 11) is 0. The van der Waals surface area contributed by atoms with E-state index in [1.807, 2.05) is 12.1 Å². The van der Waals surface area contributed by atoms with E-state index in [4.69, 9.17) is 11.6 Å². The Kier molecular flexibility index (Phi) is 4.03. The van der Waals surface area contributed by atoms with Crippen molar-refractivity contribution in [1.82, 2.24) is 5.32 Å². The molecule has 15 heavy (non-hydrogen) atoms. The molecule has 0 bridgehead atoms. The Labute approximate surface area is 99.3 Å². The summed E-state index contributed by atoms with van der Waals surface area (Å²) in [6.45, 7) is 2.07. The minimum absolute atomic E-state index is 0.207. The Morgan fingerprint density at radius 1 is 1.47 bits per heavy atom. The summed E-state index contributed by atoms with van der Waals surface area (Å²) >= 11 is 7.43. The largest absolute Gasteiger partial charge is 0.392 e. The van der Waals surface area contributed by atoms with Gasteiger partial charge >= 0.3 is 0 Å². The van der Waals surface area contributed by atoms with E-state index in [1.54, 1.807) is 11.3 Å². The fourth-order valence-electron chi connectivity index (χ4n) is 2.06. The molecule has 1 aromatic heterocycles. The predicted molar refractivity (Wildman–Crippen MR) is 64.6 cm³/mol. The topological polar surface area (TPSA) is 32.3 Å². The highest BCUT2D eigenvalue weighted by Gasteiger charge is 2.21. The van der Waals surface area contributed by atoms with E-state index < -0.39 is 0 Å². The van der Waals surface area contributed by atoms with E-state index in [2.05, 4.69) is 5.32 Å². The van der Waals surface area contributed by atoms with E-state index >= 15 is 0 Å². The van der Waals surface area contributed by atoms with Crippen LogP contribution in [-0.4, -0.2) is 24.3 Å². The summed E-state index contributed by atoms with van der Waals surface area (Å²) in [5, 5.41) is 13.4. The smallest absolute Gasteiger partial charge is 0.0931 e.